The van der Waals surface area contributed by atoms with Gasteiger partial charge in [0.05, 0.1) is 11.6 Å². The van der Waals surface area contributed by atoms with E-state index < -0.39 is 0 Å². The number of piperidine rings is 1. The van der Waals surface area contributed by atoms with Crippen LogP contribution in [-0.2, 0) is 16.1 Å². The molecule has 0 saturated carbocycles. The van der Waals surface area contributed by atoms with Gasteiger partial charge in [-0.1, -0.05) is 12.1 Å². The number of rotatable bonds is 3. The van der Waals surface area contributed by atoms with Gasteiger partial charge in [-0.2, -0.15) is 0 Å². The summed E-state index contributed by atoms with van der Waals surface area (Å²) >= 11 is 0. The minimum Gasteiger partial charge on any atom is -0.302 e. The zero-order valence-corrected chi connectivity index (χ0v) is 11.8. The van der Waals surface area contributed by atoms with Crippen LogP contribution in [0.4, 0.5) is 0 Å². The monoisotopic (exact) mass is 283 g/mol. The number of hydrogen-bond donors (Lipinski definition) is 2. The van der Waals surface area contributed by atoms with Gasteiger partial charge >= 0.3 is 0 Å². The van der Waals surface area contributed by atoms with Crippen LogP contribution in [0.2, 0.25) is 0 Å². The van der Waals surface area contributed by atoms with Crippen LogP contribution in [0.15, 0.2) is 30.3 Å². The summed E-state index contributed by atoms with van der Waals surface area (Å²) in [6.45, 7) is 2.56. The summed E-state index contributed by atoms with van der Waals surface area (Å²) in [6.07, 6.45) is 0.948. The van der Waals surface area contributed by atoms with Crippen LogP contribution in [-0.4, -0.2) is 22.8 Å². The third-order valence-corrected chi connectivity index (χ3v) is 3.68. The molecule has 5 heteroatoms. The SMILES string of the molecule is Cc1ccc2cc(CNC3CCC(=O)NC3=O)ccc2n1. The van der Waals surface area contributed by atoms with E-state index in [1.807, 2.05) is 31.2 Å². The number of nitrogens with zero attached hydrogens (tertiary/aromatic N) is 1. The minimum absolute atomic E-state index is 0.190. The Kier molecular flexibility index (Phi) is 3.66. The topological polar surface area (TPSA) is 71.1 Å². The fourth-order valence-electron chi connectivity index (χ4n) is 2.52. The van der Waals surface area contributed by atoms with Crippen LogP contribution in [0.5, 0.6) is 0 Å². The van der Waals surface area contributed by atoms with Crippen LogP contribution < -0.4 is 10.6 Å². The first kappa shape index (κ1) is 13.7. The van der Waals surface area contributed by atoms with Crippen LogP contribution in [0.1, 0.15) is 24.1 Å². The highest BCUT2D eigenvalue weighted by molar-refractivity contribution is 6.00. The Balaban J connectivity index is 1.69. The van der Waals surface area contributed by atoms with Gasteiger partial charge in [0, 0.05) is 24.0 Å². The number of hydrogen-bond acceptors (Lipinski definition) is 4. The first-order chi connectivity index (χ1) is 10.1. The molecule has 1 aliphatic rings. The van der Waals surface area contributed by atoms with E-state index >= 15 is 0 Å². The predicted octanol–water partition coefficient (Wildman–Crippen LogP) is 1.44. The van der Waals surface area contributed by atoms with Crippen LogP contribution in [0.25, 0.3) is 10.9 Å². The molecule has 0 radical (unpaired) electrons. The van der Waals surface area contributed by atoms with E-state index in [0.29, 0.717) is 19.4 Å². The molecule has 1 aliphatic heterocycles. The first-order valence-electron chi connectivity index (χ1n) is 7.05. The summed E-state index contributed by atoms with van der Waals surface area (Å²) < 4.78 is 0. The van der Waals surface area contributed by atoms with Crippen molar-refractivity contribution >= 4 is 22.7 Å². The van der Waals surface area contributed by atoms with Crippen molar-refractivity contribution in [3.63, 3.8) is 0 Å². The van der Waals surface area contributed by atoms with Crippen molar-refractivity contribution in [2.75, 3.05) is 0 Å². The first-order valence-corrected chi connectivity index (χ1v) is 7.05. The Morgan fingerprint density at radius 3 is 2.95 bits per heavy atom. The number of aryl methyl sites for hydroxylation is 1. The lowest BCUT2D eigenvalue weighted by Crippen LogP contribution is -2.50. The van der Waals surface area contributed by atoms with Crippen molar-refractivity contribution < 1.29 is 9.59 Å². The van der Waals surface area contributed by atoms with Crippen molar-refractivity contribution in [3.05, 3.63) is 41.6 Å². The van der Waals surface area contributed by atoms with Crippen molar-refractivity contribution in [3.8, 4) is 0 Å². The highest BCUT2D eigenvalue weighted by Crippen LogP contribution is 2.15. The largest absolute Gasteiger partial charge is 0.302 e. The molecule has 5 nitrogen and oxygen atoms in total. The zero-order chi connectivity index (χ0) is 14.8. The number of pyridine rings is 1. The van der Waals surface area contributed by atoms with Gasteiger partial charge in [0.25, 0.3) is 0 Å². The maximum atomic E-state index is 11.7. The van der Waals surface area contributed by atoms with E-state index in [0.717, 1.165) is 22.2 Å². The quantitative estimate of drug-likeness (QED) is 0.836. The van der Waals surface area contributed by atoms with Crippen molar-refractivity contribution in [2.24, 2.45) is 0 Å². The molecule has 108 valence electrons. The Morgan fingerprint density at radius 2 is 2.14 bits per heavy atom. The molecule has 0 spiro atoms. The number of carbonyl (C=O) groups excluding carboxylic acids is 2. The fourth-order valence-corrected chi connectivity index (χ4v) is 2.52. The van der Waals surface area contributed by atoms with E-state index in [-0.39, 0.29) is 17.9 Å². The minimum atomic E-state index is -0.297. The van der Waals surface area contributed by atoms with Gasteiger partial charge in [0.1, 0.15) is 0 Å². The van der Waals surface area contributed by atoms with Gasteiger partial charge in [-0.3, -0.25) is 19.9 Å². The summed E-state index contributed by atoms with van der Waals surface area (Å²) in [4.78, 5) is 27.2. The number of nitrogens with one attached hydrogen (secondary N) is 2. The normalized spacial score (nSPS) is 18.8. The molecule has 2 N–H and O–H groups in total. The molecule has 2 amide bonds. The summed E-state index contributed by atoms with van der Waals surface area (Å²) in [6, 6.07) is 9.81. The van der Waals surface area contributed by atoms with Crippen molar-refractivity contribution in [1.82, 2.24) is 15.6 Å². The van der Waals surface area contributed by atoms with Gasteiger partial charge < -0.3 is 5.32 Å². The van der Waals surface area contributed by atoms with Crippen LogP contribution >= 0.6 is 0 Å². The third-order valence-electron chi connectivity index (χ3n) is 3.68. The second-order valence-corrected chi connectivity index (χ2v) is 5.36. The Morgan fingerprint density at radius 1 is 1.29 bits per heavy atom. The number of fused-ring (bicyclic) bond motifs is 1. The molecule has 2 heterocycles. The van der Waals surface area contributed by atoms with Gasteiger partial charge in [-0.05, 0) is 37.1 Å². The standard InChI is InChI=1S/C16H17N3O2/c1-10-2-4-12-8-11(3-5-13(12)18-10)9-17-14-6-7-15(20)19-16(14)21/h2-5,8,14,17H,6-7,9H2,1H3,(H,19,20,21). The zero-order valence-electron chi connectivity index (χ0n) is 11.8. The lowest BCUT2D eigenvalue weighted by Gasteiger charge is -2.21. The molecular formula is C16H17N3O2. The smallest absolute Gasteiger partial charge is 0.243 e. The van der Waals surface area contributed by atoms with Gasteiger partial charge in [-0.25, -0.2) is 0 Å². The van der Waals surface area contributed by atoms with Gasteiger partial charge in [-0.15, -0.1) is 0 Å². The Labute approximate surface area is 122 Å². The average molecular weight is 283 g/mol. The molecule has 1 unspecified atom stereocenters. The molecule has 1 aromatic carbocycles. The fraction of sp³-hybridized carbons (Fsp3) is 0.312. The van der Waals surface area contributed by atoms with Crippen LogP contribution in [0.3, 0.4) is 0 Å². The molecule has 2 aromatic rings. The number of aromatic nitrogens is 1. The Bertz CT molecular complexity index is 712. The highest BCUT2D eigenvalue weighted by Gasteiger charge is 2.25. The molecule has 21 heavy (non-hydrogen) atoms. The second kappa shape index (κ2) is 5.61. The van der Waals surface area contributed by atoms with E-state index in [1.54, 1.807) is 0 Å². The van der Waals surface area contributed by atoms with E-state index in [4.69, 9.17) is 0 Å². The summed E-state index contributed by atoms with van der Waals surface area (Å²) in [7, 11) is 0. The lowest BCUT2D eigenvalue weighted by molar-refractivity contribution is -0.134. The third kappa shape index (κ3) is 3.08. The van der Waals surface area contributed by atoms with Crippen molar-refractivity contribution in [2.45, 2.75) is 32.4 Å². The highest BCUT2D eigenvalue weighted by atomic mass is 16.2. The molecule has 1 aromatic heterocycles. The number of benzene rings is 1. The van der Waals surface area contributed by atoms with E-state index in [9.17, 15) is 9.59 Å². The number of imide groups is 1. The van der Waals surface area contributed by atoms with Crippen molar-refractivity contribution in [1.29, 1.82) is 0 Å². The molecule has 1 fully saturated rings. The molecule has 1 atom stereocenters. The van der Waals surface area contributed by atoms with E-state index in [2.05, 4.69) is 21.7 Å². The summed E-state index contributed by atoms with van der Waals surface area (Å²) in [5.41, 5.74) is 3.06. The number of amides is 2. The summed E-state index contributed by atoms with van der Waals surface area (Å²) in [5.74, 6) is -0.422. The second-order valence-electron chi connectivity index (χ2n) is 5.36. The lowest BCUT2D eigenvalue weighted by atomic mass is 10.1. The predicted molar refractivity (Wildman–Crippen MR) is 79.5 cm³/mol. The molecule has 1 saturated heterocycles. The van der Waals surface area contributed by atoms with Gasteiger partial charge in [0.15, 0.2) is 0 Å². The van der Waals surface area contributed by atoms with Crippen LogP contribution in [0, 0.1) is 6.92 Å². The summed E-state index contributed by atoms with van der Waals surface area (Å²) in [5, 5.41) is 6.64. The Hall–Kier alpha value is -2.27. The number of carbonyl (C=O) groups is 2. The molecule has 0 bridgehead atoms. The molecule has 3 rings (SSSR count). The molecular weight excluding hydrogens is 266 g/mol. The van der Waals surface area contributed by atoms with Gasteiger partial charge in [0.2, 0.25) is 11.8 Å². The maximum absolute atomic E-state index is 11.7. The van der Waals surface area contributed by atoms with E-state index in [1.165, 1.54) is 0 Å². The average Bonchev–Trinajstić information content (AvgIpc) is 2.46. The maximum Gasteiger partial charge on any atom is 0.243 e. The molecule has 0 aliphatic carbocycles.